The Morgan fingerprint density at radius 3 is 2.50 bits per heavy atom. The highest BCUT2D eigenvalue weighted by Crippen LogP contribution is 2.25. The molecule has 1 N–H and O–H groups in total. The minimum absolute atomic E-state index is 0.265. The highest BCUT2D eigenvalue weighted by molar-refractivity contribution is 6.35. The van der Waals surface area contributed by atoms with Crippen molar-refractivity contribution in [2.24, 2.45) is 0 Å². The van der Waals surface area contributed by atoms with Crippen molar-refractivity contribution in [3.8, 4) is 5.75 Å². The zero-order valence-corrected chi connectivity index (χ0v) is 13.4. The third kappa shape index (κ3) is 4.37. The minimum atomic E-state index is -0.434. The van der Waals surface area contributed by atoms with Crippen LogP contribution in [0.4, 0.5) is 5.69 Å². The second-order valence-corrected chi connectivity index (χ2v) is 5.54. The number of nitrogens with one attached hydrogen (secondary N) is 1. The summed E-state index contributed by atoms with van der Waals surface area (Å²) in [5.41, 5.74) is 0.649. The lowest BCUT2D eigenvalue weighted by Crippen LogP contribution is -2.20. The maximum Gasteiger partial charge on any atom is 0.262 e. The first-order valence-corrected chi connectivity index (χ1v) is 7.25. The Morgan fingerprint density at radius 2 is 1.77 bits per heavy atom. The molecule has 0 spiro atoms. The average molecular weight is 359 g/mol. The van der Waals surface area contributed by atoms with Crippen LogP contribution in [0.1, 0.15) is 10.4 Å². The van der Waals surface area contributed by atoms with Gasteiger partial charge < -0.3 is 10.1 Å². The number of aldehydes is 1. The first-order chi connectivity index (χ1) is 10.5. The summed E-state index contributed by atoms with van der Waals surface area (Å²) in [6.45, 7) is -0.286. The van der Waals surface area contributed by atoms with Crippen molar-refractivity contribution in [1.82, 2.24) is 0 Å². The number of halogens is 3. The summed E-state index contributed by atoms with van der Waals surface area (Å²) in [4.78, 5) is 22.8. The fourth-order valence-electron chi connectivity index (χ4n) is 1.67. The normalized spacial score (nSPS) is 10.1. The van der Waals surface area contributed by atoms with Crippen molar-refractivity contribution in [2.45, 2.75) is 0 Å². The largest absolute Gasteiger partial charge is 0.483 e. The second kappa shape index (κ2) is 7.49. The van der Waals surface area contributed by atoms with Gasteiger partial charge in [-0.2, -0.15) is 0 Å². The molecule has 0 saturated heterocycles. The Labute approximate surface area is 141 Å². The zero-order valence-electron chi connectivity index (χ0n) is 11.1. The molecule has 2 rings (SSSR count). The van der Waals surface area contributed by atoms with E-state index in [0.717, 1.165) is 0 Å². The summed E-state index contributed by atoms with van der Waals surface area (Å²) in [5.74, 6) is -0.164. The van der Waals surface area contributed by atoms with Crippen LogP contribution in [0.15, 0.2) is 36.4 Å². The fraction of sp³-hybridized carbons (Fsp3) is 0.0667. The molecule has 0 radical (unpaired) electrons. The number of carbonyl (C=O) groups is 2. The quantitative estimate of drug-likeness (QED) is 0.802. The fourth-order valence-corrected chi connectivity index (χ4v) is 2.18. The van der Waals surface area contributed by atoms with Gasteiger partial charge in [0.1, 0.15) is 5.75 Å². The Hall–Kier alpha value is -1.75. The lowest BCUT2D eigenvalue weighted by atomic mass is 10.2. The third-order valence-electron chi connectivity index (χ3n) is 2.66. The maximum atomic E-state index is 11.9. The van der Waals surface area contributed by atoms with Gasteiger partial charge in [-0.1, -0.05) is 34.8 Å². The molecule has 0 aliphatic rings. The van der Waals surface area contributed by atoms with E-state index in [1.807, 2.05) is 0 Å². The van der Waals surface area contributed by atoms with E-state index in [-0.39, 0.29) is 17.9 Å². The third-order valence-corrected chi connectivity index (χ3v) is 3.46. The summed E-state index contributed by atoms with van der Waals surface area (Å²) >= 11 is 17.6. The van der Waals surface area contributed by atoms with E-state index in [2.05, 4.69) is 5.32 Å². The Bertz CT molecular complexity index is 719. The second-order valence-electron chi connectivity index (χ2n) is 4.26. The number of benzene rings is 2. The number of hydrogen-bond acceptors (Lipinski definition) is 3. The average Bonchev–Trinajstić information content (AvgIpc) is 2.49. The first-order valence-electron chi connectivity index (χ1n) is 6.12. The van der Waals surface area contributed by atoms with Crippen molar-refractivity contribution in [3.05, 3.63) is 57.0 Å². The Morgan fingerprint density at radius 1 is 1.09 bits per heavy atom. The monoisotopic (exact) mass is 357 g/mol. The van der Waals surface area contributed by atoms with E-state index in [9.17, 15) is 9.59 Å². The van der Waals surface area contributed by atoms with E-state index < -0.39 is 5.91 Å². The van der Waals surface area contributed by atoms with E-state index in [1.54, 1.807) is 18.2 Å². The van der Waals surface area contributed by atoms with Crippen LogP contribution >= 0.6 is 34.8 Å². The standard InChI is InChI=1S/C15H10Cl3NO3/c16-10-2-4-14(9(5-10)7-20)22-8-15(21)19-13-6-11(17)1-3-12(13)18/h1-7H,8H2,(H,19,21). The molecule has 0 aliphatic carbocycles. The summed E-state index contributed by atoms with van der Waals surface area (Å²) < 4.78 is 5.31. The molecule has 0 bridgehead atoms. The molecule has 1 amide bonds. The molecule has 7 heteroatoms. The van der Waals surface area contributed by atoms with Crippen LogP contribution in [0.5, 0.6) is 5.75 Å². The topological polar surface area (TPSA) is 55.4 Å². The van der Waals surface area contributed by atoms with Crippen LogP contribution in [0.2, 0.25) is 15.1 Å². The SMILES string of the molecule is O=Cc1cc(Cl)ccc1OCC(=O)Nc1cc(Cl)ccc1Cl. The molecule has 4 nitrogen and oxygen atoms in total. The molecule has 0 aromatic heterocycles. The molecule has 0 aliphatic heterocycles. The lowest BCUT2D eigenvalue weighted by molar-refractivity contribution is -0.118. The highest BCUT2D eigenvalue weighted by Gasteiger charge is 2.10. The molecule has 0 heterocycles. The molecule has 0 saturated carbocycles. The van der Waals surface area contributed by atoms with Crippen molar-refractivity contribution < 1.29 is 14.3 Å². The van der Waals surface area contributed by atoms with E-state index in [0.29, 0.717) is 27.0 Å². The number of hydrogen-bond donors (Lipinski definition) is 1. The molecular formula is C15H10Cl3NO3. The lowest BCUT2D eigenvalue weighted by Gasteiger charge is -2.10. The van der Waals surface area contributed by atoms with E-state index >= 15 is 0 Å². The number of carbonyl (C=O) groups excluding carboxylic acids is 2. The van der Waals surface area contributed by atoms with Gasteiger partial charge in [0.2, 0.25) is 0 Å². The molecule has 2 aromatic rings. The van der Waals surface area contributed by atoms with Gasteiger partial charge in [0, 0.05) is 10.0 Å². The van der Waals surface area contributed by atoms with Crippen molar-refractivity contribution >= 4 is 52.7 Å². The number of rotatable bonds is 5. The first kappa shape index (κ1) is 16.6. The van der Waals surface area contributed by atoms with Gasteiger partial charge in [0.15, 0.2) is 12.9 Å². The van der Waals surface area contributed by atoms with E-state index in [4.69, 9.17) is 39.5 Å². The van der Waals surface area contributed by atoms with Gasteiger partial charge in [-0.3, -0.25) is 9.59 Å². The summed E-state index contributed by atoms with van der Waals surface area (Å²) in [6.07, 6.45) is 0.604. The Balaban J connectivity index is 2.01. The van der Waals surface area contributed by atoms with Crippen LogP contribution in [-0.2, 0) is 4.79 Å². The predicted octanol–water partition coefficient (Wildman–Crippen LogP) is 4.48. The molecule has 22 heavy (non-hydrogen) atoms. The highest BCUT2D eigenvalue weighted by atomic mass is 35.5. The van der Waals surface area contributed by atoms with Crippen LogP contribution in [0, 0.1) is 0 Å². The minimum Gasteiger partial charge on any atom is -0.483 e. The van der Waals surface area contributed by atoms with Crippen LogP contribution in [0.25, 0.3) is 0 Å². The maximum absolute atomic E-state index is 11.9. The van der Waals surface area contributed by atoms with Gasteiger partial charge in [-0.05, 0) is 36.4 Å². The Kier molecular flexibility index (Phi) is 5.66. The van der Waals surface area contributed by atoms with Crippen LogP contribution in [0.3, 0.4) is 0 Å². The number of anilines is 1. The van der Waals surface area contributed by atoms with Crippen molar-refractivity contribution in [2.75, 3.05) is 11.9 Å². The zero-order chi connectivity index (χ0) is 16.1. The molecule has 0 atom stereocenters. The predicted molar refractivity (Wildman–Crippen MR) is 87.4 cm³/mol. The van der Waals surface area contributed by atoms with Gasteiger partial charge in [-0.25, -0.2) is 0 Å². The summed E-state index contributed by atoms with van der Waals surface area (Å²) in [6, 6.07) is 9.25. The molecule has 0 fully saturated rings. The number of amides is 1. The van der Waals surface area contributed by atoms with Crippen molar-refractivity contribution in [3.63, 3.8) is 0 Å². The van der Waals surface area contributed by atoms with Crippen molar-refractivity contribution in [1.29, 1.82) is 0 Å². The molecular weight excluding hydrogens is 349 g/mol. The van der Waals surface area contributed by atoms with E-state index in [1.165, 1.54) is 18.2 Å². The smallest absolute Gasteiger partial charge is 0.262 e. The van der Waals surface area contributed by atoms with Crippen LogP contribution < -0.4 is 10.1 Å². The summed E-state index contributed by atoms with van der Waals surface area (Å²) in [7, 11) is 0. The van der Waals surface area contributed by atoms with Gasteiger partial charge in [-0.15, -0.1) is 0 Å². The molecule has 114 valence electrons. The van der Waals surface area contributed by atoms with Gasteiger partial charge in [0.05, 0.1) is 16.3 Å². The van der Waals surface area contributed by atoms with Gasteiger partial charge >= 0.3 is 0 Å². The number of ether oxygens (including phenoxy) is 1. The molecule has 2 aromatic carbocycles. The molecule has 0 unspecified atom stereocenters. The van der Waals surface area contributed by atoms with Crippen LogP contribution in [-0.4, -0.2) is 18.8 Å². The van der Waals surface area contributed by atoms with Gasteiger partial charge in [0.25, 0.3) is 5.91 Å². The summed E-state index contributed by atoms with van der Waals surface area (Å²) in [5, 5.41) is 3.79.